The summed E-state index contributed by atoms with van der Waals surface area (Å²) in [5.41, 5.74) is 0.294. The third-order valence-corrected chi connectivity index (χ3v) is 4.85. The Labute approximate surface area is 138 Å². The van der Waals surface area contributed by atoms with Crippen LogP contribution < -0.4 is 0 Å². The van der Waals surface area contributed by atoms with Gasteiger partial charge in [0.2, 0.25) is 0 Å². The van der Waals surface area contributed by atoms with Crippen LogP contribution >= 0.6 is 0 Å². The van der Waals surface area contributed by atoms with Crippen LogP contribution in [0, 0.1) is 29.2 Å². The molecule has 0 atom stereocenters. The van der Waals surface area contributed by atoms with Crippen LogP contribution in [0.1, 0.15) is 37.2 Å². The molecule has 24 heavy (non-hydrogen) atoms. The molecule has 0 bridgehead atoms. The Morgan fingerprint density at radius 1 is 0.792 bits per heavy atom. The molecular formula is C20H18F4. The smallest absolute Gasteiger partial charge is 0.159 e. The fourth-order valence-corrected chi connectivity index (χ4v) is 3.44. The van der Waals surface area contributed by atoms with Crippen molar-refractivity contribution in [3.05, 3.63) is 71.8 Å². The van der Waals surface area contributed by atoms with Gasteiger partial charge in [-0.3, -0.25) is 0 Å². The van der Waals surface area contributed by atoms with Gasteiger partial charge in [-0.25, -0.2) is 17.6 Å². The summed E-state index contributed by atoms with van der Waals surface area (Å²) >= 11 is 0. The van der Waals surface area contributed by atoms with Gasteiger partial charge in [0, 0.05) is 0 Å². The molecule has 2 aromatic rings. The van der Waals surface area contributed by atoms with E-state index in [9.17, 15) is 17.6 Å². The predicted octanol–water partition coefficient (Wildman–Crippen LogP) is 6.37. The zero-order chi connectivity index (χ0) is 17.3. The molecule has 126 valence electrons. The molecule has 1 fully saturated rings. The lowest BCUT2D eigenvalue weighted by Crippen LogP contribution is -2.12. The molecule has 0 unspecified atom stereocenters. The zero-order valence-corrected chi connectivity index (χ0v) is 13.2. The van der Waals surface area contributed by atoms with Crippen LogP contribution in [0.2, 0.25) is 0 Å². The Kier molecular flexibility index (Phi) is 4.74. The van der Waals surface area contributed by atoms with Crippen LogP contribution in [0.4, 0.5) is 17.6 Å². The Morgan fingerprint density at radius 3 is 1.96 bits per heavy atom. The zero-order valence-electron chi connectivity index (χ0n) is 13.2. The molecule has 0 radical (unpaired) electrons. The van der Waals surface area contributed by atoms with Gasteiger partial charge in [0.15, 0.2) is 11.6 Å². The van der Waals surface area contributed by atoms with E-state index < -0.39 is 23.3 Å². The maximum Gasteiger partial charge on any atom is 0.159 e. The summed E-state index contributed by atoms with van der Waals surface area (Å²) < 4.78 is 55.3. The van der Waals surface area contributed by atoms with Crippen LogP contribution in [0.15, 0.2) is 43.0 Å². The maximum atomic E-state index is 14.5. The van der Waals surface area contributed by atoms with E-state index in [4.69, 9.17) is 0 Å². The van der Waals surface area contributed by atoms with Crippen molar-refractivity contribution in [2.24, 2.45) is 5.92 Å². The Balaban J connectivity index is 1.91. The van der Waals surface area contributed by atoms with E-state index in [0.29, 0.717) is 11.5 Å². The molecule has 0 amide bonds. The molecule has 1 saturated carbocycles. The fraction of sp³-hybridized carbons (Fsp3) is 0.300. The van der Waals surface area contributed by atoms with Gasteiger partial charge in [0.25, 0.3) is 0 Å². The first-order valence-electron chi connectivity index (χ1n) is 8.06. The lowest BCUT2D eigenvalue weighted by atomic mass is 9.78. The first-order valence-corrected chi connectivity index (χ1v) is 8.06. The molecule has 0 nitrogen and oxygen atoms in total. The topological polar surface area (TPSA) is 0 Å². The number of halogens is 4. The largest absolute Gasteiger partial charge is 0.206 e. The monoisotopic (exact) mass is 334 g/mol. The number of hydrogen-bond donors (Lipinski definition) is 0. The third-order valence-electron chi connectivity index (χ3n) is 4.85. The molecule has 0 aromatic heterocycles. The Morgan fingerprint density at radius 2 is 1.42 bits per heavy atom. The predicted molar refractivity (Wildman–Crippen MR) is 86.6 cm³/mol. The van der Waals surface area contributed by atoms with Crippen molar-refractivity contribution in [3.63, 3.8) is 0 Å². The van der Waals surface area contributed by atoms with E-state index >= 15 is 0 Å². The summed E-state index contributed by atoms with van der Waals surface area (Å²) in [5, 5.41) is 0. The number of rotatable bonds is 3. The summed E-state index contributed by atoms with van der Waals surface area (Å²) in [4.78, 5) is 0. The lowest BCUT2D eigenvalue weighted by molar-refractivity contribution is 0.374. The van der Waals surface area contributed by atoms with Gasteiger partial charge in [0.05, 0.1) is 5.56 Å². The average molecular weight is 334 g/mol. The highest BCUT2D eigenvalue weighted by Gasteiger charge is 2.23. The van der Waals surface area contributed by atoms with Crippen LogP contribution in [-0.2, 0) is 0 Å². The number of allylic oxidation sites excluding steroid dienone is 1. The van der Waals surface area contributed by atoms with Gasteiger partial charge in [-0.15, -0.1) is 6.58 Å². The number of benzene rings is 2. The van der Waals surface area contributed by atoms with E-state index in [-0.39, 0.29) is 17.0 Å². The second-order valence-corrected chi connectivity index (χ2v) is 6.34. The van der Waals surface area contributed by atoms with E-state index in [0.717, 1.165) is 37.8 Å². The lowest BCUT2D eigenvalue weighted by Gasteiger charge is -2.27. The van der Waals surface area contributed by atoms with E-state index in [1.54, 1.807) is 0 Å². The summed E-state index contributed by atoms with van der Waals surface area (Å²) in [7, 11) is 0. The van der Waals surface area contributed by atoms with Gasteiger partial charge in [0.1, 0.15) is 11.6 Å². The van der Waals surface area contributed by atoms with Crippen molar-refractivity contribution in [2.45, 2.75) is 31.6 Å². The molecule has 4 heteroatoms. The Bertz CT molecular complexity index is 735. The third kappa shape index (κ3) is 3.23. The van der Waals surface area contributed by atoms with Gasteiger partial charge in [-0.2, -0.15) is 0 Å². The van der Waals surface area contributed by atoms with Crippen molar-refractivity contribution in [3.8, 4) is 11.1 Å². The highest BCUT2D eigenvalue weighted by molar-refractivity contribution is 5.65. The fourth-order valence-electron chi connectivity index (χ4n) is 3.44. The minimum absolute atomic E-state index is 0.00850. The molecule has 0 spiro atoms. The summed E-state index contributed by atoms with van der Waals surface area (Å²) in [6.45, 7) is 3.79. The highest BCUT2D eigenvalue weighted by atomic mass is 19.2. The molecule has 3 rings (SSSR count). The van der Waals surface area contributed by atoms with E-state index in [1.165, 1.54) is 18.2 Å². The minimum atomic E-state index is -1.13. The second-order valence-electron chi connectivity index (χ2n) is 6.34. The van der Waals surface area contributed by atoms with Gasteiger partial charge < -0.3 is 0 Å². The standard InChI is InChI=1S/C20H18F4/c1-2-12-3-5-13(6-4-12)15-10-18(23)20(19(24)11-15)14-7-8-16(21)17(22)9-14/h2,7-13H,1,3-6H2. The SMILES string of the molecule is C=CC1CCC(c2cc(F)c(-c3ccc(F)c(F)c3)c(F)c2)CC1. The molecule has 0 aliphatic heterocycles. The van der Waals surface area contributed by atoms with Crippen LogP contribution in [-0.4, -0.2) is 0 Å². The van der Waals surface area contributed by atoms with E-state index in [2.05, 4.69) is 6.58 Å². The van der Waals surface area contributed by atoms with Crippen molar-refractivity contribution < 1.29 is 17.6 Å². The first-order chi connectivity index (χ1) is 11.5. The quantitative estimate of drug-likeness (QED) is 0.452. The molecule has 0 N–H and O–H groups in total. The maximum absolute atomic E-state index is 14.5. The molecular weight excluding hydrogens is 316 g/mol. The molecule has 1 aliphatic rings. The van der Waals surface area contributed by atoms with Crippen molar-refractivity contribution in [2.75, 3.05) is 0 Å². The average Bonchev–Trinajstić information content (AvgIpc) is 2.57. The highest BCUT2D eigenvalue weighted by Crippen LogP contribution is 2.38. The van der Waals surface area contributed by atoms with Gasteiger partial charge in [-0.1, -0.05) is 12.1 Å². The normalized spacial score (nSPS) is 20.8. The van der Waals surface area contributed by atoms with Crippen molar-refractivity contribution >= 4 is 0 Å². The van der Waals surface area contributed by atoms with Crippen molar-refractivity contribution in [1.29, 1.82) is 0 Å². The number of hydrogen-bond acceptors (Lipinski definition) is 0. The van der Waals surface area contributed by atoms with E-state index in [1.807, 2.05) is 6.08 Å². The van der Waals surface area contributed by atoms with Crippen molar-refractivity contribution in [1.82, 2.24) is 0 Å². The molecule has 2 aromatic carbocycles. The van der Waals surface area contributed by atoms with Crippen LogP contribution in [0.3, 0.4) is 0 Å². The summed E-state index contributed by atoms with van der Waals surface area (Å²) in [6, 6.07) is 5.49. The van der Waals surface area contributed by atoms with Gasteiger partial charge >= 0.3 is 0 Å². The summed E-state index contributed by atoms with van der Waals surface area (Å²) in [5.74, 6) is -3.08. The molecule has 1 aliphatic carbocycles. The summed E-state index contributed by atoms with van der Waals surface area (Å²) in [6.07, 6.45) is 5.58. The molecule has 0 heterocycles. The van der Waals surface area contributed by atoms with Crippen LogP contribution in [0.25, 0.3) is 11.1 Å². The first kappa shape index (κ1) is 16.7. The minimum Gasteiger partial charge on any atom is -0.206 e. The Hall–Kier alpha value is -2.10. The van der Waals surface area contributed by atoms with Crippen LogP contribution in [0.5, 0.6) is 0 Å². The second kappa shape index (κ2) is 6.80. The van der Waals surface area contributed by atoms with Gasteiger partial charge in [-0.05, 0) is 72.9 Å². The molecule has 0 saturated heterocycles.